The maximum atomic E-state index is 13.2. The zero-order valence-electron chi connectivity index (χ0n) is 16.2. The van der Waals surface area contributed by atoms with Gasteiger partial charge in [-0.3, -0.25) is 4.79 Å². The second-order valence-electron chi connectivity index (χ2n) is 7.52. The summed E-state index contributed by atoms with van der Waals surface area (Å²) in [6, 6.07) is 9.83. The molecular weight excluding hydrogens is 417 g/mol. The first-order chi connectivity index (χ1) is 14.2. The average Bonchev–Trinajstić information content (AvgIpc) is 3.20. The molecule has 0 atom stereocenters. The van der Waals surface area contributed by atoms with Crippen molar-refractivity contribution < 1.29 is 26.4 Å². The average molecular weight is 438 g/mol. The van der Waals surface area contributed by atoms with Crippen LogP contribution >= 0.6 is 0 Å². The van der Waals surface area contributed by atoms with E-state index in [2.05, 4.69) is 0 Å². The van der Waals surface area contributed by atoms with Crippen LogP contribution in [0.4, 0.5) is 13.2 Å². The van der Waals surface area contributed by atoms with Crippen molar-refractivity contribution in [2.24, 2.45) is 0 Å². The SMILES string of the molecule is O=C(c1ccccc1C(F)(F)F)N1CCN(S(=O)(=O)c2ccc3c(c2)CCC3)CC1. The van der Waals surface area contributed by atoms with Gasteiger partial charge < -0.3 is 4.90 Å². The molecule has 1 amide bonds. The Bertz CT molecular complexity index is 1080. The van der Waals surface area contributed by atoms with Gasteiger partial charge in [-0.1, -0.05) is 18.2 Å². The van der Waals surface area contributed by atoms with Crippen LogP contribution in [0.2, 0.25) is 0 Å². The summed E-state index contributed by atoms with van der Waals surface area (Å²) >= 11 is 0. The summed E-state index contributed by atoms with van der Waals surface area (Å²) in [7, 11) is -3.71. The maximum Gasteiger partial charge on any atom is 0.417 e. The van der Waals surface area contributed by atoms with E-state index in [-0.39, 0.29) is 31.1 Å². The van der Waals surface area contributed by atoms with Crippen LogP contribution in [0, 0.1) is 0 Å². The van der Waals surface area contributed by atoms with E-state index in [1.807, 2.05) is 6.07 Å². The molecule has 5 nitrogen and oxygen atoms in total. The van der Waals surface area contributed by atoms with E-state index < -0.39 is 33.2 Å². The predicted molar refractivity (Wildman–Crippen MR) is 105 cm³/mol. The van der Waals surface area contributed by atoms with Gasteiger partial charge in [-0.25, -0.2) is 8.42 Å². The molecule has 0 radical (unpaired) electrons. The van der Waals surface area contributed by atoms with Crippen molar-refractivity contribution in [1.82, 2.24) is 9.21 Å². The molecule has 4 rings (SSSR count). The minimum Gasteiger partial charge on any atom is -0.336 e. The van der Waals surface area contributed by atoms with Crippen LogP contribution in [-0.2, 0) is 29.0 Å². The molecule has 2 aliphatic rings. The first-order valence-electron chi connectivity index (χ1n) is 9.75. The Hall–Kier alpha value is -2.39. The molecule has 2 aromatic carbocycles. The van der Waals surface area contributed by atoms with Gasteiger partial charge in [0.05, 0.1) is 16.0 Å². The number of hydrogen-bond donors (Lipinski definition) is 0. The summed E-state index contributed by atoms with van der Waals surface area (Å²) in [5.74, 6) is -0.738. The van der Waals surface area contributed by atoms with Crippen LogP contribution in [0.15, 0.2) is 47.4 Å². The Morgan fingerprint density at radius 2 is 1.57 bits per heavy atom. The van der Waals surface area contributed by atoms with Crippen molar-refractivity contribution in [2.45, 2.75) is 30.3 Å². The molecule has 1 aliphatic heterocycles. The molecule has 2 aromatic rings. The fraction of sp³-hybridized carbons (Fsp3) is 0.381. The van der Waals surface area contributed by atoms with Crippen LogP contribution < -0.4 is 0 Å². The van der Waals surface area contributed by atoms with Crippen LogP contribution in [0.3, 0.4) is 0 Å². The standard InChI is InChI=1S/C21H21F3N2O3S/c22-21(23,24)19-7-2-1-6-18(19)20(27)25-10-12-26(13-11-25)30(28,29)17-9-8-15-4-3-5-16(15)14-17/h1-2,6-9,14H,3-5,10-13H2. The largest absolute Gasteiger partial charge is 0.417 e. The lowest BCUT2D eigenvalue weighted by atomic mass is 10.1. The number of halogens is 3. The molecule has 9 heteroatoms. The number of hydrogen-bond acceptors (Lipinski definition) is 3. The number of alkyl halides is 3. The zero-order chi connectivity index (χ0) is 21.5. The lowest BCUT2D eigenvalue weighted by Crippen LogP contribution is -2.50. The van der Waals surface area contributed by atoms with Crippen molar-refractivity contribution in [1.29, 1.82) is 0 Å². The number of carbonyl (C=O) groups excluding carboxylic acids is 1. The first-order valence-corrected chi connectivity index (χ1v) is 11.2. The molecule has 1 aliphatic carbocycles. The number of amides is 1. The van der Waals surface area contributed by atoms with Crippen LogP contribution in [0.1, 0.15) is 33.5 Å². The predicted octanol–water partition coefficient (Wildman–Crippen LogP) is 3.34. The molecule has 0 saturated carbocycles. The van der Waals surface area contributed by atoms with E-state index in [4.69, 9.17) is 0 Å². The van der Waals surface area contributed by atoms with Crippen molar-refractivity contribution in [2.75, 3.05) is 26.2 Å². The highest BCUT2D eigenvalue weighted by atomic mass is 32.2. The second-order valence-corrected chi connectivity index (χ2v) is 9.46. The van der Waals surface area contributed by atoms with E-state index in [0.29, 0.717) is 0 Å². The molecule has 1 heterocycles. The van der Waals surface area contributed by atoms with E-state index in [1.54, 1.807) is 12.1 Å². The third kappa shape index (κ3) is 3.83. The smallest absolute Gasteiger partial charge is 0.336 e. The number of sulfonamides is 1. The fourth-order valence-corrected chi connectivity index (χ4v) is 5.55. The van der Waals surface area contributed by atoms with E-state index >= 15 is 0 Å². The monoisotopic (exact) mass is 438 g/mol. The van der Waals surface area contributed by atoms with Gasteiger partial charge in [0.2, 0.25) is 10.0 Å². The van der Waals surface area contributed by atoms with Crippen LogP contribution in [-0.4, -0.2) is 49.7 Å². The van der Waals surface area contributed by atoms with Gasteiger partial charge in [0.15, 0.2) is 0 Å². The topological polar surface area (TPSA) is 57.7 Å². The summed E-state index contributed by atoms with van der Waals surface area (Å²) in [6.07, 6.45) is -1.81. The van der Waals surface area contributed by atoms with E-state index in [9.17, 15) is 26.4 Å². The van der Waals surface area contributed by atoms with Gasteiger partial charge in [0.1, 0.15) is 0 Å². The summed E-state index contributed by atoms with van der Waals surface area (Å²) < 4.78 is 66.9. The Labute approximate surface area is 173 Å². The highest BCUT2D eigenvalue weighted by Crippen LogP contribution is 2.33. The fourth-order valence-electron chi connectivity index (χ4n) is 4.08. The van der Waals surface area contributed by atoms with Gasteiger partial charge in [-0.2, -0.15) is 17.5 Å². The minimum atomic E-state index is -4.63. The van der Waals surface area contributed by atoms with Gasteiger partial charge in [-0.15, -0.1) is 0 Å². The molecule has 0 unspecified atom stereocenters. The molecule has 1 fully saturated rings. The van der Waals surface area contributed by atoms with Crippen LogP contribution in [0.25, 0.3) is 0 Å². The zero-order valence-corrected chi connectivity index (χ0v) is 17.0. The number of rotatable bonds is 3. The third-order valence-corrected chi connectivity index (χ3v) is 7.59. The maximum absolute atomic E-state index is 13.2. The molecule has 0 spiro atoms. The van der Waals surface area contributed by atoms with Crippen molar-refractivity contribution in [3.8, 4) is 0 Å². The summed E-state index contributed by atoms with van der Waals surface area (Å²) in [5.41, 5.74) is 0.824. The number of aryl methyl sites for hydroxylation is 2. The molecular formula is C21H21F3N2O3S. The number of nitrogens with zero attached hydrogens (tertiary/aromatic N) is 2. The molecule has 0 bridgehead atoms. The lowest BCUT2D eigenvalue weighted by molar-refractivity contribution is -0.138. The minimum absolute atomic E-state index is 0.0369. The molecule has 1 saturated heterocycles. The molecule has 0 aromatic heterocycles. The van der Waals surface area contributed by atoms with Gasteiger partial charge in [0, 0.05) is 26.2 Å². The quantitative estimate of drug-likeness (QED) is 0.739. The number of benzene rings is 2. The van der Waals surface area contributed by atoms with Gasteiger partial charge in [-0.05, 0) is 54.7 Å². The second kappa shape index (κ2) is 7.70. The summed E-state index contributed by atoms with van der Waals surface area (Å²) in [4.78, 5) is 14.2. The Morgan fingerprint density at radius 3 is 2.27 bits per heavy atom. The normalized spacial score (nSPS) is 17.8. The highest BCUT2D eigenvalue weighted by molar-refractivity contribution is 7.89. The third-order valence-electron chi connectivity index (χ3n) is 5.70. The first kappa shape index (κ1) is 20.9. The number of piperazine rings is 1. The highest BCUT2D eigenvalue weighted by Gasteiger charge is 2.37. The van der Waals surface area contributed by atoms with Crippen molar-refractivity contribution in [3.63, 3.8) is 0 Å². The molecule has 30 heavy (non-hydrogen) atoms. The van der Waals surface area contributed by atoms with Crippen molar-refractivity contribution in [3.05, 3.63) is 64.7 Å². The van der Waals surface area contributed by atoms with E-state index in [1.165, 1.54) is 26.9 Å². The van der Waals surface area contributed by atoms with Gasteiger partial charge in [0.25, 0.3) is 5.91 Å². The van der Waals surface area contributed by atoms with Crippen molar-refractivity contribution >= 4 is 15.9 Å². The Kier molecular flexibility index (Phi) is 5.36. The summed E-state index contributed by atoms with van der Waals surface area (Å²) in [6.45, 7) is 0.156. The Balaban J connectivity index is 1.48. The van der Waals surface area contributed by atoms with E-state index in [0.717, 1.165) is 37.0 Å². The molecule has 160 valence electrons. The van der Waals surface area contributed by atoms with Crippen LogP contribution in [0.5, 0.6) is 0 Å². The summed E-state index contributed by atoms with van der Waals surface area (Å²) in [5, 5.41) is 0. The Morgan fingerprint density at radius 1 is 0.900 bits per heavy atom. The van der Waals surface area contributed by atoms with Gasteiger partial charge >= 0.3 is 6.18 Å². The number of fused-ring (bicyclic) bond motifs is 1. The number of carbonyl (C=O) groups is 1. The molecule has 0 N–H and O–H groups in total. The lowest BCUT2D eigenvalue weighted by Gasteiger charge is -2.34.